The van der Waals surface area contributed by atoms with E-state index in [2.05, 4.69) is 21.0 Å². The minimum Gasteiger partial charge on any atom is -0.388 e. The van der Waals surface area contributed by atoms with E-state index in [0.29, 0.717) is 16.0 Å². The van der Waals surface area contributed by atoms with E-state index in [-0.39, 0.29) is 12.0 Å². The molecule has 0 aliphatic heterocycles. The number of aliphatic hydroxyl groups excluding tert-OH is 1. The number of aromatic nitrogens is 2. The molecule has 0 bridgehead atoms. The van der Waals surface area contributed by atoms with E-state index < -0.39 is 11.9 Å². The van der Waals surface area contributed by atoms with Crippen molar-refractivity contribution in [2.75, 3.05) is 0 Å². The van der Waals surface area contributed by atoms with Gasteiger partial charge in [0.05, 0.1) is 27.0 Å². The second-order valence-corrected chi connectivity index (χ2v) is 5.97. The van der Waals surface area contributed by atoms with Crippen LogP contribution in [0.4, 0.5) is 4.39 Å². The highest BCUT2D eigenvalue weighted by Gasteiger charge is 2.21. The third kappa shape index (κ3) is 3.30. The Balaban J connectivity index is 2.33. The molecule has 0 amide bonds. The van der Waals surface area contributed by atoms with Gasteiger partial charge in [0, 0.05) is 18.5 Å². The summed E-state index contributed by atoms with van der Waals surface area (Å²) in [5.41, 5.74) is 1.79. The lowest BCUT2D eigenvalue weighted by Crippen LogP contribution is -2.10. The molecule has 1 atom stereocenters. The first kappa shape index (κ1) is 16.5. The Hall–Kier alpha value is -0.910. The molecule has 2 aromatic rings. The van der Waals surface area contributed by atoms with E-state index in [1.165, 1.54) is 0 Å². The lowest BCUT2D eigenvalue weighted by Gasteiger charge is -2.14. The van der Waals surface area contributed by atoms with Crippen molar-refractivity contribution in [2.45, 2.75) is 39.3 Å². The Kier molecular flexibility index (Phi) is 5.41. The van der Waals surface area contributed by atoms with E-state index in [4.69, 9.17) is 11.6 Å². The summed E-state index contributed by atoms with van der Waals surface area (Å²) in [6, 6.07) is 4.87. The number of halogens is 3. The molecule has 0 saturated carbocycles. The zero-order chi connectivity index (χ0) is 15.6. The summed E-state index contributed by atoms with van der Waals surface area (Å²) < 4.78 is 16.1. The first-order chi connectivity index (χ1) is 9.99. The van der Waals surface area contributed by atoms with Gasteiger partial charge < -0.3 is 5.11 Å². The van der Waals surface area contributed by atoms with E-state index in [1.54, 1.807) is 22.9 Å². The summed E-state index contributed by atoms with van der Waals surface area (Å²) in [6.07, 6.45) is -0.0144. The van der Waals surface area contributed by atoms with Crippen molar-refractivity contribution in [3.05, 3.63) is 50.5 Å². The number of benzene rings is 1. The summed E-state index contributed by atoms with van der Waals surface area (Å²) in [5.74, 6) is -0.445. The summed E-state index contributed by atoms with van der Waals surface area (Å²) >= 11 is 9.44. The van der Waals surface area contributed by atoms with Gasteiger partial charge in [-0.05, 0) is 35.3 Å². The molecule has 0 saturated heterocycles. The van der Waals surface area contributed by atoms with Crippen LogP contribution in [0.2, 0.25) is 5.02 Å². The van der Waals surface area contributed by atoms with Crippen LogP contribution < -0.4 is 0 Å². The zero-order valence-corrected chi connectivity index (χ0v) is 14.2. The molecule has 2 rings (SSSR count). The van der Waals surface area contributed by atoms with Crippen LogP contribution in [0.25, 0.3) is 0 Å². The first-order valence-electron chi connectivity index (χ1n) is 6.85. The number of hydrogen-bond acceptors (Lipinski definition) is 2. The van der Waals surface area contributed by atoms with Gasteiger partial charge in [0.25, 0.3) is 0 Å². The number of nitrogens with zero attached hydrogens (tertiary/aromatic N) is 2. The molecule has 0 aliphatic carbocycles. The average molecular weight is 376 g/mol. The SMILES string of the molecule is CCc1nn(CC)c(CC(O)c2cccc(Br)c2F)c1Cl. The van der Waals surface area contributed by atoms with Gasteiger partial charge in [0.1, 0.15) is 5.82 Å². The van der Waals surface area contributed by atoms with Gasteiger partial charge in [-0.25, -0.2) is 4.39 Å². The van der Waals surface area contributed by atoms with E-state index >= 15 is 0 Å². The molecule has 0 radical (unpaired) electrons. The molecular weight excluding hydrogens is 359 g/mol. The van der Waals surface area contributed by atoms with Crippen LogP contribution in [0.3, 0.4) is 0 Å². The number of rotatable bonds is 5. The third-order valence-corrected chi connectivity index (χ3v) is 4.47. The largest absolute Gasteiger partial charge is 0.388 e. The van der Waals surface area contributed by atoms with Crippen LogP contribution in [0.5, 0.6) is 0 Å². The molecule has 0 spiro atoms. The molecule has 1 N–H and O–H groups in total. The van der Waals surface area contributed by atoms with E-state index in [1.807, 2.05) is 13.8 Å². The van der Waals surface area contributed by atoms with Crippen LogP contribution >= 0.6 is 27.5 Å². The number of aryl methyl sites for hydroxylation is 2. The van der Waals surface area contributed by atoms with Gasteiger partial charge in [0.15, 0.2) is 0 Å². The molecule has 1 unspecified atom stereocenters. The highest BCUT2D eigenvalue weighted by atomic mass is 79.9. The molecule has 114 valence electrons. The molecule has 1 aromatic carbocycles. The van der Waals surface area contributed by atoms with Gasteiger partial charge in [-0.3, -0.25) is 4.68 Å². The van der Waals surface area contributed by atoms with Crippen LogP contribution in [0.1, 0.15) is 36.9 Å². The quantitative estimate of drug-likeness (QED) is 0.846. The van der Waals surface area contributed by atoms with Crippen molar-refractivity contribution in [1.29, 1.82) is 0 Å². The van der Waals surface area contributed by atoms with Gasteiger partial charge in [-0.15, -0.1) is 0 Å². The number of aliphatic hydroxyl groups is 1. The smallest absolute Gasteiger partial charge is 0.143 e. The Labute approximate surface area is 136 Å². The van der Waals surface area contributed by atoms with Crippen LogP contribution in [0.15, 0.2) is 22.7 Å². The summed E-state index contributed by atoms with van der Waals surface area (Å²) in [5, 5.41) is 15.3. The molecule has 6 heteroatoms. The van der Waals surface area contributed by atoms with Crippen molar-refractivity contribution in [3.8, 4) is 0 Å². The van der Waals surface area contributed by atoms with Gasteiger partial charge in [-0.2, -0.15) is 5.10 Å². The minimum atomic E-state index is -0.966. The molecule has 21 heavy (non-hydrogen) atoms. The van der Waals surface area contributed by atoms with Crippen molar-refractivity contribution < 1.29 is 9.50 Å². The minimum absolute atomic E-state index is 0.229. The van der Waals surface area contributed by atoms with E-state index in [9.17, 15) is 9.50 Å². The molecular formula is C15H17BrClFN2O. The summed E-state index contributed by atoms with van der Waals surface area (Å²) in [4.78, 5) is 0. The van der Waals surface area contributed by atoms with Crippen LogP contribution in [0, 0.1) is 5.82 Å². The Morgan fingerprint density at radius 2 is 2.14 bits per heavy atom. The highest BCUT2D eigenvalue weighted by molar-refractivity contribution is 9.10. The van der Waals surface area contributed by atoms with Gasteiger partial charge in [0.2, 0.25) is 0 Å². The monoisotopic (exact) mass is 374 g/mol. The Morgan fingerprint density at radius 1 is 1.43 bits per heavy atom. The molecule has 1 heterocycles. The Morgan fingerprint density at radius 3 is 2.76 bits per heavy atom. The summed E-state index contributed by atoms with van der Waals surface area (Å²) in [7, 11) is 0. The average Bonchev–Trinajstić information content (AvgIpc) is 2.78. The fourth-order valence-corrected chi connectivity index (χ4v) is 3.01. The summed E-state index contributed by atoms with van der Waals surface area (Å²) in [6.45, 7) is 4.59. The maximum atomic E-state index is 14.0. The van der Waals surface area contributed by atoms with Crippen molar-refractivity contribution >= 4 is 27.5 Å². The van der Waals surface area contributed by atoms with E-state index in [0.717, 1.165) is 17.8 Å². The second-order valence-electron chi connectivity index (χ2n) is 4.74. The lowest BCUT2D eigenvalue weighted by atomic mass is 10.0. The predicted molar refractivity (Wildman–Crippen MR) is 85.1 cm³/mol. The zero-order valence-electron chi connectivity index (χ0n) is 11.9. The first-order valence-corrected chi connectivity index (χ1v) is 8.02. The van der Waals surface area contributed by atoms with Crippen molar-refractivity contribution in [2.24, 2.45) is 0 Å². The van der Waals surface area contributed by atoms with Crippen molar-refractivity contribution in [1.82, 2.24) is 9.78 Å². The van der Waals surface area contributed by atoms with Gasteiger partial charge >= 0.3 is 0 Å². The standard InChI is InChI=1S/C15H17BrClFN2O/c1-3-11-14(17)12(20(4-2)19-11)8-13(21)9-6-5-7-10(16)15(9)18/h5-7,13,21H,3-4,8H2,1-2H3. The number of hydrogen-bond donors (Lipinski definition) is 1. The second kappa shape index (κ2) is 6.90. The fraction of sp³-hybridized carbons (Fsp3) is 0.400. The van der Waals surface area contributed by atoms with Crippen LogP contribution in [-0.4, -0.2) is 14.9 Å². The lowest BCUT2D eigenvalue weighted by molar-refractivity contribution is 0.170. The maximum absolute atomic E-state index is 14.0. The van der Waals surface area contributed by atoms with Crippen molar-refractivity contribution in [3.63, 3.8) is 0 Å². The molecule has 3 nitrogen and oxygen atoms in total. The van der Waals surface area contributed by atoms with Gasteiger partial charge in [-0.1, -0.05) is 30.7 Å². The fourth-order valence-electron chi connectivity index (χ4n) is 2.28. The topological polar surface area (TPSA) is 38.0 Å². The third-order valence-electron chi connectivity index (χ3n) is 3.42. The highest BCUT2D eigenvalue weighted by Crippen LogP contribution is 2.29. The normalized spacial score (nSPS) is 12.7. The molecule has 0 aliphatic rings. The molecule has 0 fully saturated rings. The van der Waals surface area contributed by atoms with Crippen LogP contribution in [-0.2, 0) is 19.4 Å². The maximum Gasteiger partial charge on any atom is 0.143 e. The predicted octanol–water partition coefficient (Wildman–Crippen LogP) is 4.30. The Bertz CT molecular complexity index is 645. The molecule has 1 aromatic heterocycles.